The van der Waals surface area contributed by atoms with Gasteiger partial charge in [0, 0.05) is 24.1 Å². The van der Waals surface area contributed by atoms with Crippen LogP contribution in [0.3, 0.4) is 0 Å². The van der Waals surface area contributed by atoms with E-state index in [0.717, 1.165) is 34.8 Å². The molecule has 172 valence electrons. The lowest BCUT2D eigenvalue weighted by molar-refractivity contribution is -0.137. The number of nitrogens with two attached hydrogens (primary N) is 1. The molecule has 0 amide bonds. The SMILES string of the molecule is CC1(C)CC=CC2=C1CC(=C=O)c1c2ccc2cc(C(F)(F)F)cc(-c3ccccc3CN)c12. The topological polar surface area (TPSA) is 43.1 Å². The lowest BCUT2D eigenvalue weighted by atomic mass is 9.67. The Balaban J connectivity index is 1.95. The maximum atomic E-state index is 13.9. The minimum absolute atomic E-state index is 0.117. The van der Waals surface area contributed by atoms with Crippen LogP contribution in [-0.2, 0) is 17.5 Å². The van der Waals surface area contributed by atoms with Crippen molar-refractivity contribution < 1.29 is 18.0 Å². The Labute approximate surface area is 196 Å². The van der Waals surface area contributed by atoms with Gasteiger partial charge in [0.1, 0.15) is 5.94 Å². The zero-order valence-corrected chi connectivity index (χ0v) is 19.0. The lowest BCUT2D eigenvalue weighted by Gasteiger charge is -2.36. The van der Waals surface area contributed by atoms with Crippen LogP contribution in [0, 0.1) is 5.41 Å². The number of halogens is 3. The second kappa shape index (κ2) is 7.83. The van der Waals surface area contributed by atoms with Crippen molar-refractivity contribution in [3.63, 3.8) is 0 Å². The van der Waals surface area contributed by atoms with Gasteiger partial charge < -0.3 is 5.73 Å². The number of allylic oxidation sites excluding steroid dienone is 5. The molecular formula is C29H24F3NO. The van der Waals surface area contributed by atoms with E-state index in [1.165, 1.54) is 6.07 Å². The van der Waals surface area contributed by atoms with Gasteiger partial charge in [0.15, 0.2) is 0 Å². The van der Waals surface area contributed by atoms with E-state index in [0.29, 0.717) is 39.5 Å². The van der Waals surface area contributed by atoms with Crippen molar-refractivity contribution in [3.05, 3.63) is 88.5 Å². The third kappa shape index (κ3) is 3.44. The van der Waals surface area contributed by atoms with Crippen molar-refractivity contribution >= 4 is 27.9 Å². The molecule has 3 aromatic carbocycles. The Morgan fingerprint density at radius 2 is 1.79 bits per heavy atom. The normalized spacial score (nSPS) is 16.9. The Morgan fingerprint density at radius 1 is 1.03 bits per heavy atom. The summed E-state index contributed by atoms with van der Waals surface area (Å²) in [6, 6.07) is 13.1. The van der Waals surface area contributed by atoms with E-state index in [2.05, 4.69) is 31.9 Å². The molecule has 2 N–H and O–H groups in total. The summed E-state index contributed by atoms with van der Waals surface area (Å²) in [6.45, 7) is 4.49. The Kier molecular flexibility index (Phi) is 5.16. The van der Waals surface area contributed by atoms with Crippen molar-refractivity contribution in [2.24, 2.45) is 11.1 Å². The summed E-state index contributed by atoms with van der Waals surface area (Å²) in [6.07, 6.45) is 0.988. The van der Waals surface area contributed by atoms with Crippen molar-refractivity contribution in [2.45, 2.75) is 39.4 Å². The zero-order valence-electron chi connectivity index (χ0n) is 19.0. The summed E-state index contributed by atoms with van der Waals surface area (Å²) in [5.41, 5.74) is 11.1. The number of alkyl halides is 3. The average molecular weight is 460 g/mol. The predicted octanol–water partition coefficient (Wildman–Crippen LogP) is 7.34. The van der Waals surface area contributed by atoms with E-state index in [4.69, 9.17) is 5.73 Å². The molecule has 0 bridgehead atoms. The Bertz CT molecular complexity index is 1450. The number of hydrogen-bond acceptors (Lipinski definition) is 2. The molecule has 0 unspecified atom stereocenters. The molecule has 34 heavy (non-hydrogen) atoms. The third-order valence-electron chi connectivity index (χ3n) is 7.10. The standard InChI is InChI=1S/C29H24F3NO/c1-28(2)11-5-8-22-23-10-9-17-12-20(29(30,31)32)14-24(21-7-4-3-6-18(21)15-33)26(17)27(23)19(16-34)13-25(22)28/h3-10,12,14H,11,13,15,33H2,1-2H3. The first-order valence-electron chi connectivity index (χ1n) is 11.3. The van der Waals surface area contributed by atoms with Crippen LogP contribution in [-0.4, -0.2) is 5.94 Å². The summed E-state index contributed by atoms with van der Waals surface area (Å²) in [5.74, 6) is 2.14. The first-order valence-corrected chi connectivity index (χ1v) is 11.3. The van der Waals surface area contributed by atoms with Gasteiger partial charge >= 0.3 is 6.18 Å². The zero-order chi connectivity index (χ0) is 24.3. The van der Waals surface area contributed by atoms with Gasteiger partial charge in [-0.3, -0.25) is 0 Å². The molecule has 0 heterocycles. The first-order chi connectivity index (χ1) is 16.2. The summed E-state index contributed by atoms with van der Waals surface area (Å²) in [4.78, 5) is 12.2. The second-order valence-corrected chi connectivity index (χ2v) is 9.61. The van der Waals surface area contributed by atoms with Crippen molar-refractivity contribution in [2.75, 3.05) is 0 Å². The third-order valence-corrected chi connectivity index (χ3v) is 7.10. The Morgan fingerprint density at radius 3 is 2.50 bits per heavy atom. The maximum absolute atomic E-state index is 13.9. The minimum atomic E-state index is -4.51. The monoisotopic (exact) mass is 459 g/mol. The summed E-state index contributed by atoms with van der Waals surface area (Å²) < 4.78 is 41.6. The van der Waals surface area contributed by atoms with E-state index >= 15 is 0 Å². The van der Waals surface area contributed by atoms with Gasteiger partial charge in [0.25, 0.3) is 0 Å². The van der Waals surface area contributed by atoms with E-state index in [1.54, 1.807) is 18.2 Å². The fraction of sp³-hybridized carbons (Fsp3) is 0.241. The van der Waals surface area contributed by atoms with Gasteiger partial charge in [0.05, 0.1) is 5.56 Å². The van der Waals surface area contributed by atoms with Crippen molar-refractivity contribution in [3.8, 4) is 11.1 Å². The molecule has 2 nitrogen and oxygen atoms in total. The highest BCUT2D eigenvalue weighted by Gasteiger charge is 2.36. The van der Waals surface area contributed by atoms with Crippen LogP contribution >= 0.6 is 0 Å². The quantitative estimate of drug-likeness (QED) is 0.407. The van der Waals surface area contributed by atoms with Crippen LogP contribution in [0.25, 0.3) is 33.0 Å². The second-order valence-electron chi connectivity index (χ2n) is 9.61. The van der Waals surface area contributed by atoms with Gasteiger partial charge in [-0.05, 0) is 62.6 Å². The molecule has 5 heteroatoms. The Hall–Kier alpha value is -3.40. The molecular weight excluding hydrogens is 435 g/mol. The van der Waals surface area contributed by atoms with Gasteiger partial charge in [-0.25, -0.2) is 4.79 Å². The van der Waals surface area contributed by atoms with Gasteiger partial charge in [-0.2, -0.15) is 13.2 Å². The molecule has 3 aromatic rings. The van der Waals surface area contributed by atoms with Crippen LogP contribution in [0.2, 0.25) is 0 Å². The number of rotatable bonds is 2. The van der Waals surface area contributed by atoms with Crippen LogP contribution in [0.15, 0.2) is 66.3 Å². The van der Waals surface area contributed by atoms with E-state index in [-0.39, 0.29) is 12.0 Å². The van der Waals surface area contributed by atoms with Crippen molar-refractivity contribution in [1.82, 2.24) is 0 Å². The van der Waals surface area contributed by atoms with E-state index < -0.39 is 11.7 Å². The highest BCUT2D eigenvalue weighted by atomic mass is 19.4. The fourth-order valence-electron chi connectivity index (χ4n) is 5.34. The predicted molar refractivity (Wildman–Crippen MR) is 130 cm³/mol. The average Bonchev–Trinajstić information content (AvgIpc) is 2.81. The molecule has 0 aromatic heterocycles. The molecule has 0 atom stereocenters. The molecule has 0 aliphatic heterocycles. The number of fused-ring (bicyclic) bond motifs is 4. The molecule has 0 radical (unpaired) electrons. The van der Waals surface area contributed by atoms with Gasteiger partial charge in [-0.15, -0.1) is 0 Å². The van der Waals surface area contributed by atoms with E-state index in [1.807, 2.05) is 18.2 Å². The summed E-state index contributed by atoms with van der Waals surface area (Å²) in [7, 11) is 0. The molecule has 0 saturated heterocycles. The number of benzene rings is 3. The summed E-state index contributed by atoms with van der Waals surface area (Å²) >= 11 is 0. The molecule has 0 saturated carbocycles. The highest BCUT2D eigenvalue weighted by molar-refractivity contribution is 6.13. The number of hydrogen-bond donors (Lipinski definition) is 1. The molecule has 2 aliphatic rings. The molecule has 0 fully saturated rings. The maximum Gasteiger partial charge on any atom is 0.416 e. The lowest BCUT2D eigenvalue weighted by Crippen LogP contribution is -2.21. The largest absolute Gasteiger partial charge is 0.416 e. The molecule has 2 aliphatic carbocycles. The fourth-order valence-corrected chi connectivity index (χ4v) is 5.34. The smallest absolute Gasteiger partial charge is 0.326 e. The van der Waals surface area contributed by atoms with Gasteiger partial charge in [0.2, 0.25) is 0 Å². The number of carbonyl (C=O) groups excluding carboxylic acids is 1. The highest BCUT2D eigenvalue weighted by Crippen LogP contribution is 2.52. The van der Waals surface area contributed by atoms with Crippen LogP contribution in [0.4, 0.5) is 13.2 Å². The first kappa shape index (κ1) is 22.4. The van der Waals surface area contributed by atoms with Crippen molar-refractivity contribution in [1.29, 1.82) is 0 Å². The molecule has 0 spiro atoms. The van der Waals surface area contributed by atoms with Crippen LogP contribution in [0.5, 0.6) is 0 Å². The van der Waals surface area contributed by atoms with E-state index in [9.17, 15) is 18.0 Å². The summed E-state index contributed by atoms with van der Waals surface area (Å²) in [5, 5.41) is 1.07. The van der Waals surface area contributed by atoms with Gasteiger partial charge in [-0.1, -0.05) is 68.0 Å². The minimum Gasteiger partial charge on any atom is -0.326 e. The van der Waals surface area contributed by atoms with Crippen LogP contribution in [0.1, 0.15) is 48.9 Å². The molecule has 5 rings (SSSR count). The van der Waals surface area contributed by atoms with Crippen LogP contribution < -0.4 is 5.73 Å².